The SMILES string of the molecule is CN/C(Nc1cncc(C(C)(C)F)n1)=C(\C=N)c1ncc(-c2ccc(C3(C(=O)O)CC3)cc2)cc1F. The number of hydrogen-bond donors (Lipinski definition) is 4. The maximum atomic E-state index is 15.2. The standard InChI is InChI=1S/C26H26F2N6O2/c1-25(2,28)20-13-31-14-21(33-20)34-23(30-3)18(11-29)22-19(27)10-16(12-32-22)15-4-6-17(7-5-15)26(8-9-26)24(35)36/h4-7,10-14,29-30H,8-9H2,1-3H3,(H,33,34)(H,35,36)/b23-18-,29-11?. The molecule has 4 rings (SSSR count). The molecule has 8 nitrogen and oxygen atoms in total. The number of rotatable bonds is 9. The highest BCUT2D eigenvalue weighted by molar-refractivity contribution is 6.09. The van der Waals surface area contributed by atoms with Crippen LogP contribution < -0.4 is 10.6 Å². The van der Waals surface area contributed by atoms with Crippen LogP contribution in [-0.4, -0.2) is 39.3 Å². The van der Waals surface area contributed by atoms with E-state index in [0.29, 0.717) is 24.0 Å². The summed E-state index contributed by atoms with van der Waals surface area (Å²) in [6.45, 7) is 2.73. The van der Waals surface area contributed by atoms with E-state index in [-0.39, 0.29) is 28.6 Å². The van der Waals surface area contributed by atoms with Crippen molar-refractivity contribution in [3.05, 3.63) is 77.5 Å². The molecule has 2 aromatic heterocycles. The van der Waals surface area contributed by atoms with Crippen molar-refractivity contribution in [3.8, 4) is 11.1 Å². The average Bonchev–Trinajstić information content (AvgIpc) is 3.67. The molecular weight excluding hydrogens is 466 g/mol. The Hall–Kier alpha value is -4.21. The predicted octanol–water partition coefficient (Wildman–Crippen LogP) is 4.65. The molecule has 0 unspecified atom stereocenters. The van der Waals surface area contributed by atoms with E-state index in [2.05, 4.69) is 25.6 Å². The lowest BCUT2D eigenvalue weighted by molar-refractivity contribution is -0.140. The Morgan fingerprint density at radius 2 is 1.86 bits per heavy atom. The third kappa shape index (κ3) is 4.79. The summed E-state index contributed by atoms with van der Waals surface area (Å²) in [5.74, 6) is -1.04. The molecule has 3 aromatic rings. The molecule has 0 radical (unpaired) electrons. The Labute approximate surface area is 207 Å². The number of hydrogen-bond acceptors (Lipinski definition) is 7. The second-order valence-electron chi connectivity index (χ2n) is 9.09. The lowest BCUT2D eigenvalue weighted by atomic mass is 9.94. The fourth-order valence-electron chi connectivity index (χ4n) is 3.89. The summed E-state index contributed by atoms with van der Waals surface area (Å²) >= 11 is 0. The molecule has 2 heterocycles. The molecule has 4 N–H and O–H groups in total. The van der Waals surface area contributed by atoms with Crippen molar-refractivity contribution in [2.75, 3.05) is 12.4 Å². The first-order chi connectivity index (χ1) is 17.1. The van der Waals surface area contributed by atoms with Gasteiger partial charge in [-0.2, -0.15) is 0 Å². The molecule has 0 bridgehead atoms. The van der Waals surface area contributed by atoms with Gasteiger partial charge in [0.25, 0.3) is 0 Å². The van der Waals surface area contributed by atoms with Gasteiger partial charge in [0.05, 0.1) is 29.1 Å². The molecule has 0 amide bonds. The molecule has 1 aliphatic carbocycles. The van der Waals surface area contributed by atoms with Crippen LogP contribution in [0, 0.1) is 11.2 Å². The van der Waals surface area contributed by atoms with Gasteiger partial charge in [0.2, 0.25) is 0 Å². The minimum atomic E-state index is -1.70. The highest BCUT2D eigenvalue weighted by Gasteiger charge is 2.51. The second kappa shape index (κ2) is 9.44. The first-order valence-electron chi connectivity index (χ1n) is 11.3. The van der Waals surface area contributed by atoms with Crippen LogP contribution in [0.3, 0.4) is 0 Å². The van der Waals surface area contributed by atoms with E-state index in [1.54, 1.807) is 31.3 Å². The van der Waals surface area contributed by atoms with Gasteiger partial charge in [-0.15, -0.1) is 0 Å². The molecule has 186 valence electrons. The van der Waals surface area contributed by atoms with Crippen LogP contribution in [0.4, 0.5) is 14.6 Å². The van der Waals surface area contributed by atoms with Gasteiger partial charge in [0, 0.05) is 25.0 Å². The van der Waals surface area contributed by atoms with Crippen molar-refractivity contribution in [3.63, 3.8) is 0 Å². The number of carbonyl (C=O) groups is 1. The van der Waals surface area contributed by atoms with Gasteiger partial charge in [-0.1, -0.05) is 24.3 Å². The summed E-state index contributed by atoms with van der Waals surface area (Å²) in [4.78, 5) is 24.0. The van der Waals surface area contributed by atoms with Crippen LogP contribution in [0.15, 0.2) is 54.7 Å². The molecule has 0 spiro atoms. The Morgan fingerprint density at radius 1 is 1.17 bits per heavy atom. The van der Waals surface area contributed by atoms with Crippen LogP contribution in [-0.2, 0) is 15.9 Å². The van der Waals surface area contributed by atoms with Gasteiger partial charge in [0.1, 0.15) is 28.8 Å². The van der Waals surface area contributed by atoms with E-state index < -0.39 is 22.9 Å². The van der Waals surface area contributed by atoms with Crippen LogP contribution in [0.5, 0.6) is 0 Å². The predicted molar refractivity (Wildman–Crippen MR) is 133 cm³/mol. The van der Waals surface area contributed by atoms with Gasteiger partial charge in [-0.05, 0) is 43.9 Å². The van der Waals surface area contributed by atoms with Gasteiger partial charge < -0.3 is 21.1 Å². The van der Waals surface area contributed by atoms with Gasteiger partial charge >= 0.3 is 5.97 Å². The normalized spacial score (nSPS) is 15.0. The van der Waals surface area contributed by atoms with Crippen LogP contribution in [0.2, 0.25) is 0 Å². The van der Waals surface area contributed by atoms with E-state index in [9.17, 15) is 14.3 Å². The number of benzene rings is 1. The topological polar surface area (TPSA) is 124 Å². The minimum Gasteiger partial charge on any atom is -0.481 e. The highest BCUT2D eigenvalue weighted by Crippen LogP contribution is 2.48. The van der Waals surface area contributed by atoms with Crippen molar-refractivity contribution in [1.29, 1.82) is 5.41 Å². The molecule has 1 fully saturated rings. The Balaban J connectivity index is 1.63. The van der Waals surface area contributed by atoms with Crippen molar-refractivity contribution >= 4 is 23.6 Å². The lowest BCUT2D eigenvalue weighted by Gasteiger charge is -2.17. The van der Waals surface area contributed by atoms with Gasteiger partial charge in [-0.3, -0.25) is 14.8 Å². The molecule has 0 saturated heterocycles. The number of nitrogens with one attached hydrogen (secondary N) is 3. The smallest absolute Gasteiger partial charge is 0.314 e. The quantitative estimate of drug-likeness (QED) is 0.321. The van der Waals surface area contributed by atoms with E-state index >= 15 is 4.39 Å². The number of aliphatic carboxylic acids is 1. The summed E-state index contributed by atoms with van der Waals surface area (Å²) in [5, 5.41) is 23.1. The number of allylic oxidation sites excluding steroid dienone is 1. The number of nitrogens with zero attached hydrogens (tertiary/aromatic N) is 3. The van der Waals surface area contributed by atoms with Gasteiger partial charge in [-0.25, -0.2) is 13.8 Å². The molecule has 0 atom stereocenters. The fourth-order valence-corrected chi connectivity index (χ4v) is 3.89. The monoisotopic (exact) mass is 492 g/mol. The van der Waals surface area contributed by atoms with Crippen LogP contribution in [0.25, 0.3) is 16.7 Å². The number of carboxylic acid groups (broad SMARTS) is 1. The summed E-state index contributed by atoms with van der Waals surface area (Å²) < 4.78 is 29.5. The van der Waals surface area contributed by atoms with Gasteiger partial charge in [0.15, 0.2) is 0 Å². The summed E-state index contributed by atoms with van der Waals surface area (Å²) in [6.07, 6.45) is 6.37. The Kier molecular flexibility index (Phi) is 6.53. The molecule has 1 aromatic carbocycles. The number of pyridine rings is 1. The summed E-state index contributed by atoms with van der Waals surface area (Å²) in [7, 11) is 1.58. The first kappa shape index (κ1) is 24.9. The second-order valence-corrected chi connectivity index (χ2v) is 9.09. The van der Waals surface area contributed by atoms with E-state index in [1.165, 1.54) is 38.5 Å². The minimum absolute atomic E-state index is 0.0695. The van der Waals surface area contributed by atoms with Crippen molar-refractivity contribution < 1.29 is 18.7 Å². The molecule has 1 saturated carbocycles. The summed E-state index contributed by atoms with van der Waals surface area (Å²) in [6, 6.07) is 8.31. The molecule has 0 aliphatic heterocycles. The van der Waals surface area contributed by atoms with Crippen LogP contribution in [0.1, 0.15) is 43.6 Å². The molecule has 10 heteroatoms. The van der Waals surface area contributed by atoms with E-state index in [0.717, 1.165) is 11.8 Å². The van der Waals surface area contributed by atoms with Crippen molar-refractivity contribution in [1.82, 2.24) is 20.3 Å². The highest BCUT2D eigenvalue weighted by atomic mass is 19.1. The zero-order chi connectivity index (χ0) is 26.1. The summed E-state index contributed by atoms with van der Waals surface area (Å²) in [5.41, 5.74) is -0.411. The van der Waals surface area contributed by atoms with Crippen LogP contribution >= 0.6 is 0 Å². The maximum Gasteiger partial charge on any atom is 0.314 e. The number of alkyl halides is 1. The Morgan fingerprint density at radius 3 is 2.39 bits per heavy atom. The third-order valence-electron chi connectivity index (χ3n) is 6.19. The van der Waals surface area contributed by atoms with Crippen molar-refractivity contribution in [2.24, 2.45) is 0 Å². The molecular formula is C26H26F2N6O2. The zero-order valence-corrected chi connectivity index (χ0v) is 20.1. The fraction of sp³-hybridized carbons (Fsp3) is 0.269. The molecule has 1 aliphatic rings. The van der Waals surface area contributed by atoms with Crippen molar-refractivity contribution in [2.45, 2.75) is 37.8 Å². The maximum absolute atomic E-state index is 15.2. The average molecular weight is 493 g/mol. The largest absolute Gasteiger partial charge is 0.481 e. The number of carboxylic acids is 1. The Bertz CT molecular complexity index is 1350. The number of anilines is 1. The lowest BCUT2D eigenvalue weighted by Crippen LogP contribution is -2.20. The number of aromatic nitrogens is 3. The van der Waals surface area contributed by atoms with E-state index in [1.807, 2.05) is 0 Å². The zero-order valence-electron chi connectivity index (χ0n) is 20.1. The molecule has 36 heavy (non-hydrogen) atoms. The third-order valence-corrected chi connectivity index (χ3v) is 6.19. The first-order valence-corrected chi connectivity index (χ1v) is 11.3. The van der Waals surface area contributed by atoms with E-state index in [4.69, 9.17) is 5.41 Å². The number of halogens is 2.